The molecular weight excluding hydrogens is 524 g/mol. The minimum absolute atomic E-state index is 0.0313. The summed E-state index contributed by atoms with van der Waals surface area (Å²) in [6.07, 6.45) is 2.88. The highest BCUT2D eigenvalue weighted by molar-refractivity contribution is 6.43. The summed E-state index contributed by atoms with van der Waals surface area (Å²) in [5, 5.41) is 4.22. The molecule has 0 radical (unpaired) electrons. The monoisotopic (exact) mass is 570 g/mol. The van der Waals surface area contributed by atoms with Crippen LogP contribution in [0.15, 0.2) is 42.5 Å². The van der Waals surface area contributed by atoms with Crippen LogP contribution in [0, 0.1) is 5.41 Å². The minimum atomic E-state index is -1.30. The Kier molecular flexibility index (Phi) is 11.4. The van der Waals surface area contributed by atoms with Gasteiger partial charge >= 0.3 is 0 Å². The van der Waals surface area contributed by atoms with E-state index in [-0.39, 0.29) is 28.9 Å². The first-order chi connectivity index (χ1) is 18.5. The molecule has 2 aromatic carbocycles. The molecule has 0 saturated carbocycles. The zero-order valence-corrected chi connectivity index (χ0v) is 26.4. The van der Waals surface area contributed by atoms with E-state index in [1.807, 2.05) is 0 Å². The number of halogens is 1. The van der Waals surface area contributed by atoms with Crippen LogP contribution in [0.25, 0.3) is 0 Å². The number of ether oxygens (including phenoxy) is 1. The maximum Gasteiger partial charge on any atom is 0.250 e. The summed E-state index contributed by atoms with van der Waals surface area (Å²) in [7, 11) is 0. The first kappa shape index (κ1) is 33.3. The number of amides is 2. The summed E-state index contributed by atoms with van der Waals surface area (Å²) in [6.45, 7) is 19.0. The van der Waals surface area contributed by atoms with Crippen LogP contribution < -0.4 is 15.4 Å². The van der Waals surface area contributed by atoms with Crippen molar-refractivity contribution in [3.05, 3.63) is 53.6 Å². The number of carbonyl (C=O) groups excluding carboxylic acids is 3. The molecule has 1 atom stereocenters. The third-order valence-electron chi connectivity index (χ3n) is 7.68. The van der Waals surface area contributed by atoms with Gasteiger partial charge in [0, 0.05) is 28.8 Å². The normalized spacial score (nSPS) is 12.9. The Labute approximate surface area is 245 Å². The molecular formula is C33H47ClN2O4. The molecule has 0 saturated heterocycles. The smallest absolute Gasteiger partial charge is 0.250 e. The summed E-state index contributed by atoms with van der Waals surface area (Å²) < 4.78 is 6.19. The van der Waals surface area contributed by atoms with E-state index in [4.69, 9.17) is 16.3 Å². The fourth-order valence-electron chi connectivity index (χ4n) is 4.02. The third-order valence-corrected chi connectivity index (χ3v) is 8.07. The molecule has 6 nitrogen and oxygen atoms in total. The average Bonchev–Trinajstić information content (AvgIpc) is 2.89. The zero-order valence-electron chi connectivity index (χ0n) is 25.7. The van der Waals surface area contributed by atoms with Gasteiger partial charge in [0.1, 0.15) is 5.75 Å². The number of hydrogen-bond donors (Lipinski definition) is 2. The van der Waals surface area contributed by atoms with E-state index in [1.54, 1.807) is 45.0 Å². The van der Waals surface area contributed by atoms with Crippen LogP contribution in [-0.2, 0) is 25.2 Å². The predicted molar refractivity (Wildman–Crippen MR) is 166 cm³/mol. The number of hydrogen-bond acceptors (Lipinski definition) is 4. The lowest BCUT2D eigenvalue weighted by molar-refractivity contribution is -0.130. The summed E-state index contributed by atoms with van der Waals surface area (Å²) in [5.41, 5.74) is 2.81. The molecule has 0 aromatic heterocycles. The molecule has 1 unspecified atom stereocenters. The Morgan fingerprint density at radius 2 is 1.45 bits per heavy atom. The van der Waals surface area contributed by atoms with Crippen molar-refractivity contribution in [2.45, 2.75) is 104 Å². The molecule has 0 aliphatic carbocycles. The second kappa shape index (κ2) is 13.7. The Balaban J connectivity index is 1.96. The van der Waals surface area contributed by atoms with Crippen LogP contribution in [0.4, 0.5) is 11.4 Å². The number of rotatable bonds is 13. The van der Waals surface area contributed by atoms with Gasteiger partial charge < -0.3 is 15.4 Å². The highest BCUT2D eigenvalue weighted by Crippen LogP contribution is 2.38. The molecule has 7 heteroatoms. The largest absolute Gasteiger partial charge is 0.493 e. The number of ketones is 1. The third kappa shape index (κ3) is 9.09. The molecule has 0 bridgehead atoms. The van der Waals surface area contributed by atoms with Gasteiger partial charge in [0.2, 0.25) is 11.8 Å². The molecule has 40 heavy (non-hydrogen) atoms. The van der Waals surface area contributed by atoms with Crippen LogP contribution >= 0.6 is 11.6 Å². The summed E-state index contributed by atoms with van der Waals surface area (Å²) in [4.78, 5) is 37.4. The Morgan fingerprint density at radius 1 is 0.850 bits per heavy atom. The first-order valence-corrected chi connectivity index (χ1v) is 14.6. The lowest BCUT2D eigenvalue weighted by Crippen LogP contribution is -2.37. The van der Waals surface area contributed by atoms with Crippen LogP contribution in [0.2, 0.25) is 0 Å². The molecule has 2 rings (SSSR count). The number of Topliss-reactive ketones (excluding diaryl/α,β-unsaturated/α-hetero) is 1. The van der Waals surface area contributed by atoms with Crippen LogP contribution in [0.5, 0.6) is 5.75 Å². The van der Waals surface area contributed by atoms with E-state index in [1.165, 1.54) is 11.1 Å². The fourth-order valence-corrected chi connectivity index (χ4v) is 4.40. The van der Waals surface area contributed by atoms with E-state index >= 15 is 0 Å². The van der Waals surface area contributed by atoms with Crippen LogP contribution in [0.1, 0.15) is 99.1 Å². The second-order valence-corrected chi connectivity index (χ2v) is 13.2. The number of nitrogens with one attached hydrogen (secondary N) is 2. The van der Waals surface area contributed by atoms with Gasteiger partial charge in [-0.05, 0) is 59.9 Å². The number of carbonyl (C=O) groups is 3. The maximum absolute atomic E-state index is 12.6. The summed E-state index contributed by atoms with van der Waals surface area (Å²) in [6, 6.07) is 13.3. The van der Waals surface area contributed by atoms with Crippen molar-refractivity contribution in [3.63, 3.8) is 0 Å². The van der Waals surface area contributed by atoms with Gasteiger partial charge in [-0.15, -0.1) is 11.6 Å². The standard InChI is InChI=1S/C33H47ClN2O4/c1-10-32(6,7)22-17-18-26(25(20-22)33(8,9)11-2)40-19-13-16-27(37)35-23-14-12-15-24(21-23)36-30(39)28(34)29(38)31(3,4)5/h12,14-15,17-18,20-21,28H,10-11,13,16,19H2,1-9H3,(H,35,37)(H,36,39). The molecule has 2 N–H and O–H groups in total. The van der Waals surface area contributed by atoms with Crippen molar-refractivity contribution in [2.75, 3.05) is 17.2 Å². The number of benzene rings is 2. The molecule has 0 aliphatic rings. The van der Waals surface area contributed by atoms with E-state index in [0.29, 0.717) is 24.4 Å². The predicted octanol–water partition coefficient (Wildman–Crippen LogP) is 8.02. The average molecular weight is 571 g/mol. The molecule has 2 amide bonds. The van der Waals surface area contributed by atoms with Crippen molar-refractivity contribution in [3.8, 4) is 5.75 Å². The van der Waals surface area contributed by atoms with Gasteiger partial charge in [-0.2, -0.15) is 0 Å². The van der Waals surface area contributed by atoms with E-state index in [9.17, 15) is 14.4 Å². The fraction of sp³-hybridized carbons (Fsp3) is 0.545. The molecule has 0 fully saturated rings. The number of anilines is 2. The maximum atomic E-state index is 12.6. The Hall–Kier alpha value is -2.86. The second-order valence-electron chi connectivity index (χ2n) is 12.7. The van der Waals surface area contributed by atoms with E-state index in [2.05, 4.69) is 70.4 Å². The molecule has 220 valence electrons. The highest BCUT2D eigenvalue weighted by atomic mass is 35.5. The van der Waals surface area contributed by atoms with Gasteiger partial charge in [0.05, 0.1) is 6.61 Å². The molecule has 0 heterocycles. The Bertz CT molecular complexity index is 1200. The molecule has 0 aliphatic heterocycles. The van der Waals surface area contributed by atoms with Gasteiger partial charge in [-0.25, -0.2) is 0 Å². The minimum Gasteiger partial charge on any atom is -0.493 e. The van der Waals surface area contributed by atoms with Crippen molar-refractivity contribution in [1.29, 1.82) is 0 Å². The van der Waals surface area contributed by atoms with E-state index in [0.717, 1.165) is 18.6 Å². The quantitative estimate of drug-likeness (QED) is 0.145. The van der Waals surface area contributed by atoms with Crippen molar-refractivity contribution < 1.29 is 19.1 Å². The van der Waals surface area contributed by atoms with Crippen molar-refractivity contribution >= 4 is 40.6 Å². The molecule has 0 spiro atoms. The lowest BCUT2D eigenvalue weighted by atomic mass is 9.76. The van der Waals surface area contributed by atoms with Crippen LogP contribution in [0.3, 0.4) is 0 Å². The van der Waals surface area contributed by atoms with Crippen LogP contribution in [-0.4, -0.2) is 29.6 Å². The highest BCUT2D eigenvalue weighted by Gasteiger charge is 2.33. The zero-order chi connectivity index (χ0) is 30.3. The summed E-state index contributed by atoms with van der Waals surface area (Å²) in [5.74, 6) is -0.239. The summed E-state index contributed by atoms with van der Waals surface area (Å²) >= 11 is 6.09. The van der Waals surface area contributed by atoms with Crippen molar-refractivity contribution in [2.24, 2.45) is 5.41 Å². The molecule has 2 aromatic rings. The van der Waals surface area contributed by atoms with Gasteiger partial charge in [-0.3, -0.25) is 14.4 Å². The van der Waals surface area contributed by atoms with Gasteiger partial charge in [0.15, 0.2) is 11.2 Å². The Morgan fingerprint density at radius 3 is 2.02 bits per heavy atom. The SMILES string of the molecule is CCC(C)(C)c1ccc(OCCCC(=O)Nc2cccc(NC(=O)C(Cl)C(=O)C(C)(C)C)c2)c(C(C)(C)CC)c1. The van der Waals surface area contributed by atoms with Gasteiger partial charge in [0.25, 0.3) is 0 Å². The van der Waals surface area contributed by atoms with E-state index < -0.39 is 16.7 Å². The first-order valence-electron chi connectivity index (χ1n) is 14.2. The number of alkyl halides is 1. The van der Waals surface area contributed by atoms with Crippen molar-refractivity contribution in [1.82, 2.24) is 0 Å². The topological polar surface area (TPSA) is 84.5 Å². The van der Waals surface area contributed by atoms with Gasteiger partial charge in [-0.1, -0.05) is 80.5 Å². The lowest BCUT2D eigenvalue weighted by Gasteiger charge is -2.30.